The molecular formula is C72H124O8Si. The van der Waals surface area contributed by atoms with Crippen LogP contribution in [0.5, 0.6) is 0 Å². The van der Waals surface area contributed by atoms with Crippen molar-refractivity contribution < 1.29 is 36.9 Å². The number of allylic oxidation sites excluding steroid dienone is 16. The molecule has 464 valence electrons. The zero-order valence-corrected chi connectivity index (χ0v) is 53.9. The van der Waals surface area contributed by atoms with Crippen LogP contribution in [0, 0.1) is 0 Å². The molecule has 0 aliphatic carbocycles. The Kier molecular flexibility index (Phi) is 60.5. The van der Waals surface area contributed by atoms with Gasteiger partial charge in [-0.05, 0) is 154 Å². The second-order valence-corrected chi connectivity index (χ2v) is 24.1. The molecule has 0 aromatic rings. The van der Waals surface area contributed by atoms with Gasteiger partial charge in [-0.25, -0.2) is 0 Å². The van der Waals surface area contributed by atoms with Gasteiger partial charge in [-0.15, -0.1) is 0 Å². The van der Waals surface area contributed by atoms with E-state index in [1.165, 1.54) is 77.0 Å². The molecule has 0 bridgehead atoms. The van der Waals surface area contributed by atoms with Crippen molar-refractivity contribution >= 4 is 32.9 Å². The lowest BCUT2D eigenvalue weighted by molar-refractivity contribution is -0.163. The van der Waals surface area contributed by atoms with Crippen LogP contribution in [-0.2, 0) is 36.9 Å². The maximum atomic E-state index is 13.7. The van der Waals surface area contributed by atoms with Gasteiger partial charge in [-0.3, -0.25) is 19.2 Å². The smallest absolute Gasteiger partial charge is 0.423 e. The molecule has 0 rings (SSSR count). The Balaban J connectivity index is 5.65. The minimum absolute atomic E-state index is 0.0344. The Morgan fingerprint density at radius 1 is 0.222 bits per heavy atom. The van der Waals surface area contributed by atoms with Crippen LogP contribution in [0.2, 0.25) is 0 Å². The van der Waals surface area contributed by atoms with Crippen molar-refractivity contribution in [3.63, 3.8) is 0 Å². The van der Waals surface area contributed by atoms with Gasteiger partial charge in [-0.2, -0.15) is 0 Å². The van der Waals surface area contributed by atoms with E-state index in [2.05, 4.69) is 125 Å². The fourth-order valence-electron chi connectivity index (χ4n) is 9.21. The second-order valence-electron chi connectivity index (χ2n) is 22.3. The minimum atomic E-state index is -4.93. The van der Waals surface area contributed by atoms with E-state index in [4.69, 9.17) is 17.7 Å². The first-order valence-electron chi connectivity index (χ1n) is 33.9. The second kappa shape index (κ2) is 63.6. The van der Waals surface area contributed by atoms with Gasteiger partial charge < -0.3 is 17.7 Å². The lowest BCUT2D eigenvalue weighted by atomic mass is 10.1. The molecule has 0 unspecified atom stereocenters. The molecule has 0 fully saturated rings. The van der Waals surface area contributed by atoms with E-state index >= 15 is 0 Å². The van der Waals surface area contributed by atoms with E-state index in [1.54, 1.807) is 0 Å². The van der Waals surface area contributed by atoms with Gasteiger partial charge in [0.1, 0.15) is 0 Å². The summed E-state index contributed by atoms with van der Waals surface area (Å²) in [5, 5.41) is 0. The van der Waals surface area contributed by atoms with Gasteiger partial charge >= 0.3 is 9.05 Å². The van der Waals surface area contributed by atoms with Crippen molar-refractivity contribution in [2.24, 2.45) is 0 Å². The lowest BCUT2D eigenvalue weighted by Gasteiger charge is -2.25. The average molecular weight is 1150 g/mol. The summed E-state index contributed by atoms with van der Waals surface area (Å²) in [4.78, 5) is 54.6. The Bertz CT molecular complexity index is 1440. The predicted octanol–water partition coefficient (Wildman–Crippen LogP) is 22.8. The van der Waals surface area contributed by atoms with Gasteiger partial charge in [0.25, 0.3) is 23.9 Å². The third kappa shape index (κ3) is 59.0. The summed E-state index contributed by atoms with van der Waals surface area (Å²) in [6.45, 7) is 8.92. The van der Waals surface area contributed by atoms with Gasteiger partial charge in [0, 0.05) is 25.7 Å². The quantitative estimate of drug-likeness (QED) is 0.0337. The largest absolute Gasteiger partial charge is 0.974 e. The zero-order chi connectivity index (χ0) is 58.9. The topological polar surface area (TPSA) is 105 Å². The van der Waals surface area contributed by atoms with Gasteiger partial charge in [-0.1, -0.05) is 253 Å². The Labute approximate surface area is 500 Å². The summed E-state index contributed by atoms with van der Waals surface area (Å²) in [7, 11) is -4.93. The summed E-state index contributed by atoms with van der Waals surface area (Å²) in [6, 6.07) is 0. The molecular weight excluding hydrogens is 1020 g/mol. The van der Waals surface area contributed by atoms with E-state index in [9.17, 15) is 19.2 Å². The highest BCUT2D eigenvalue weighted by atomic mass is 28.4. The van der Waals surface area contributed by atoms with Crippen LogP contribution in [0.15, 0.2) is 97.2 Å². The number of hydrogen-bond acceptors (Lipinski definition) is 8. The molecule has 81 heavy (non-hydrogen) atoms. The van der Waals surface area contributed by atoms with Crippen molar-refractivity contribution in [1.82, 2.24) is 0 Å². The Hall–Kier alpha value is -3.98. The standard InChI is InChI=1S/C72H124O8Si/c1-5-9-13-17-21-25-29-33-37-41-45-49-53-57-61-65-69(73)77-81(78-70(74)66-62-58-54-50-46-42-38-34-30-26-22-18-14-10-6-2,79-71(75)67-63-59-55-51-47-43-39-35-31-27-23-19-15-11-7-3)80-72(76)68-64-60-56-52-48-44-40-36-32-28-24-20-16-12-8-4/h21-28,33-40H,5-20,29-32,41-68H2,1-4H3/b25-21-,26-22-,27-23-,28-24-,37-33-,38-34-,39-35-,40-36-. The molecule has 0 saturated carbocycles. The van der Waals surface area contributed by atoms with Crippen LogP contribution in [0.4, 0.5) is 0 Å². The number of unbranched alkanes of at least 4 members (excludes halogenated alkanes) is 32. The van der Waals surface area contributed by atoms with Crippen LogP contribution in [0.25, 0.3) is 0 Å². The maximum absolute atomic E-state index is 13.7. The normalized spacial score (nSPS) is 12.4. The highest BCUT2D eigenvalue weighted by Gasteiger charge is 2.62. The maximum Gasteiger partial charge on any atom is 0.974 e. The van der Waals surface area contributed by atoms with E-state index in [0.717, 1.165) is 180 Å². The first-order valence-corrected chi connectivity index (χ1v) is 35.5. The average Bonchev–Trinajstić information content (AvgIpc) is 3.45. The van der Waals surface area contributed by atoms with E-state index in [0.29, 0.717) is 25.7 Å². The van der Waals surface area contributed by atoms with Crippen molar-refractivity contribution in [2.75, 3.05) is 0 Å². The van der Waals surface area contributed by atoms with Crippen LogP contribution in [0.1, 0.15) is 336 Å². The molecule has 0 radical (unpaired) electrons. The highest BCUT2D eigenvalue weighted by molar-refractivity contribution is 6.61. The van der Waals surface area contributed by atoms with E-state index in [1.807, 2.05) is 0 Å². The minimum Gasteiger partial charge on any atom is -0.423 e. The van der Waals surface area contributed by atoms with Gasteiger partial charge in [0.05, 0.1) is 0 Å². The van der Waals surface area contributed by atoms with Crippen LogP contribution < -0.4 is 0 Å². The third-order valence-electron chi connectivity index (χ3n) is 14.3. The zero-order valence-electron chi connectivity index (χ0n) is 52.9. The Morgan fingerprint density at radius 2 is 0.383 bits per heavy atom. The molecule has 0 amide bonds. The van der Waals surface area contributed by atoms with Crippen LogP contribution in [0.3, 0.4) is 0 Å². The molecule has 0 atom stereocenters. The first-order chi connectivity index (χ1) is 39.8. The molecule has 0 N–H and O–H groups in total. The molecule has 0 heterocycles. The summed E-state index contributed by atoms with van der Waals surface area (Å²) in [5.41, 5.74) is 0. The van der Waals surface area contributed by atoms with Crippen molar-refractivity contribution in [1.29, 1.82) is 0 Å². The van der Waals surface area contributed by atoms with E-state index < -0.39 is 32.9 Å². The SMILES string of the molecule is CCCCC/C=C\C/C=C\CCCCCCCC(=O)O[Si](OC(=O)CCCCCCC/C=C\C/C=C\CCCCC)(OC(=O)CCCCCCC/C=C\C/C=C\CCCCC)OC(=O)CCCCCCC/C=C\C/C=C\CCCCC. The summed E-state index contributed by atoms with van der Waals surface area (Å²) >= 11 is 0. The third-order valence-corrected chi connectivity index (χ3v) is 16.2. The number of hydrogen-bond donors (Lipinski definition) is 0. The first kappa shape index (κ1) is 77.0. The number of carbonyl (C=O) groups is 4. The molecule has 0 aromatic carbocycles. The summed E-state index contributed by atoms with van der Waals surface area (Å²) in [6.07, 6.45) is 82.0. The van der Waals surface area contributed by atoms with Crippen molar-refractivity contribution in [2.45, 2.75) is 336 Å². The molecule has 0 aromatic heterocycles. The van der Waals surface area contributed by atoms with Crippen LogP contribution >= 0.6 is 0 Å². The number of carbonyl (C=O) groups excluding carboxylic acids is 4. The van der Waals surface area contributed by atoms with E-state index in [-0.39, 0.29) is 25.7 Å². The number of rotatable bonds is 60. The van der Waals surface area contributed by atoms with Gasteiger partial charge in [0.15, 0.2) is 0 Å². The predicted molar refractivity (Wildman–Crippen MR) is 348 cm³/mol. The summed E-state index contributed by atoms with van der Waals surface area (Å²) < 4.78 is 23.5. The van der Waals surface area contributed by atoms with Crippen molar-refractivity contribution in [3.05, 3.63) is 97.2 Å². The lowest BCUT2D eigenvalue weighted by Crippen LogP contribution is -2.54. The fraction of sp³-hybridized carbons (Fsp3) is 0.722. The van der Waals surface area contributed by atoms with Crippen LogP contribution in [-0.4, -0.2) is 32.9 Å². The molecule has 0 saturated heterocycles. The molecule has 0 spiro atoms. The molecule has 0 aliphatic heterocycles. The highest BCUT2D eigenvalue weighted by Crippen LogP contribution is 2.22. The Morgan fingerprint density at radius 3 is 0.568 bits per heavy atom. The fourth-order valence-corrected chi connectivity index (χ4v) is 11.0. The molecule has 8 nitrogen and oxygen atoms in total. The van der Waals surface area contributed by atoms with Gasteiger partial charge in [0.2, 0.25) is 0 Å². The summed E-state index contributed by atoms with van der Waals surface area (Å²) in [5.74, 6) is -2.75. The monoisotopic (exact) mass is 1140 g/mol. The molecule has 9 heteroatoms. The molecule has 0 aliphatic rings. The van der Waals surface area contributed by atoms with Crippen molar-refractivity contribution in [3.8, 4) is 0 Å².